The van der Waals surface area contributed by atoms with E-state index in [0.717, 1.165) is 19.0 Å². The molecule has 0 aromatic carbocycles. The number of aliphatic carboxylic acids is 1. The molecule has 90 valence electrons. The Morgan fingerprint density at radius 1 is 1.65 bits per heavy atom. The van der Waals surface area contributed by atoms with Gasteiger partial charge in [0.2, 0.25) is 0 Å². The van der Waals surface area contributed by atoms with E-state index in [-0.39, 0.29) is 17.3 Å². The van der Waals surface area contributed by atoms with E-state index >= 15 is 0 Å². The Balaban J connectivity index is 2.22. The summed E-state index contributed by atoms with van der Waals surface area (Å²) in [6.45, 7) is 0. The first kappa shape index (κ1) is 11.3. The van der Waals surface area contributed by atoms with Gasteiger partial charge in [-0.1, -0.05) is 0 Å². The van der Waals surface area contributed by atoms with Crippen molar-refractivity contribution < 1.29 is 14.8 Å². The van der Waals surface area contributed by atoms with Crippen LogP contribution in [0.3, 0.4) is 0 Å². The number of nitro groups is 1. The lowest BCUT2D eigenvalue weighted by Gasteiger charge is -2.14. The molecule has 1 saturated carbocycles. The number of nitrogens with one attached hydrogen (secondary N) is 1. The summed E-state index contributed by atoms with van der Waals surface area (Å²) in [5.41, 5.74) is -0.0105. The van der Waals surface area contributed by atoms with Crippen molar-refractivity contribution in [1.29, 1.82) is 0 Å². The quantitative estimate of drug-likeness (QED) is 0.590. The highest BCUT2D eigenvalue weighted by Crippen LogP contribution is 2.35. The van der Waals surface area contributed by atoms with Crippen LogP contribution >= 0.6 is 0 Å². The summed E-state index contributed by atoms with van der Waals surface area (Å²) in [6.07, 6.45) is 4.17. The van der Waals surface area contributed by atoms with Gasteiger partial charge in [-0.05, 0) is 24.8 Å². The van der Waals surface area contributed by atoms with Gasteiger partial charge in [0, 0.05) is 6.20 Å². The molecule has 1 heterocycles. The predicted molar refractivity (Wildman–Crippen MR) is 58.7 cm³/mol. The molecule has 0 amide bonds. The van der Waals surface area contributed by atoms with Crippen molar-refractivity contribution in [2.24, 2.45) is 5.92 Å². The van der Waals surface area contributed by atoms with Crippen molar-refractivity contribution in [1.82, 2.24) is 4.98 Å². The smallest absolute Gasteiger partial charge is 0.326 e. The minimum absolute atomic E-state index is 0.0558. The first-order valence-electron chi connectivity index (χ1n) is 5.17. The number of hydrogen-bond acceptors (Lipinski definition) is 5. The molecule has 1 atom stereocenters. The van der Waals surface area contributed by atoms with Crippen LogP contribution in [0.5, 0.6) is 0 Å². The Labute approximate surface area is 96.6 Å². The molecule has 1 aliphatic rings. The molecule has 1 aliphatic carbocycles. The number of carboxylic acids is 1. The number of rotatable bonds is 5. The molecule has 7 nitrogen and oxygen atoms in total. The Morgan fingerprint density at radius 2 is 2.35 bits per heavy atom. The molecule has 1 aromatic heterocycles. The SMILES string of the molecule is O=C(O)C(Nc1ccncc1[N+](=O)[O-])C1CC1. The lowest BCUT2D eigenvalue weighted by molar-refractivity contribution is -0.384. The van der Waals surface area contributed by atoms with Crippen LogP contribution in [-0.4, -0.2) is 27.0 Å². The van der Waals surface area contributed by atoms with E-state index in [9.17, 15) is 14.9 Å². The molecule has 1 unspecified atom stereocenters. The van der Waals surface area contributed by atoms with Gasteiger partial charge >= 0.3 is 11.7 Å². The van der Waals surface area contributed by atoms with Gasteiger partial charge in [0.05, 0.1) is 4.92 Å². The molecule has 2 rings (SSSR count). The minimum atomic E-state index is -0.987. The monoisotopic (exact) mass is 237 g/mol. The molecule has 0 radical (unpaired) electrons. The maximum absolute atomic E-state index is 11.0. The number of nitrogens with zero attached hydrogens (tertiary/aromatic N) is 2. The Bertz CT molecular complexity index is 459. The third-order valence-electron chi connectivity index (χ3n) is 2.67. The number of carboxylic acid groups (broad SMARTS) is 1. The van der Waals surface area contributed by atoms with Crippen LogP contribution in [0.25, 0.3) is 0 Å². The predicted octanol–water partition coefficient (Wildman–Crippen LogP) is 1.26. The van der Waals surface area contributed by atoms with Crippen LogP contribution in [-0.2, 0) is 4.79 Å². The van der Waals surface area contributed by atoms with Crippen LogP contribution in [0.15, 0.2) is 18.5 Å². The van der Waals surface area contributed by atoms with Crippen molar-refractivity contribution in [3.63, 3.8) is 0 Å². The lowest BCUT2D eigenvalue weighted by atomic mass is 10.1. The Kier molecular flexibility index (Phi) is 2.90. The van der Waals surface area contributed by atoms with E-state index in [2.05, 4.69) is 10.3 Å². The van der Waals surface area contributed by atoms with Gasteiger partial charge in [-0.15, -0.1) is 0 Å². The average Bonchev–Trinajstić information content (AvgIpc) is 3.09. The second kappa shape index (κ2) is 4.36. The standard InChI is InChI=1S/C10H11N3O4/c14-10(15)9(6-1-2-6)12-7-3-4-11-5-8(7)13(16)17/h3-6,9H,1-2H2,(H,11,12)(H,14,15). The fourth-order valence-electron chi connectivity index (χ4n) is 1.63. The van der Waals surface area contributed by atoms with Crippen molar-refractivity contribution in [2.75, 3.05) is 5.32 Å². The van der Waals surface area contributed by atoms with Gasteiger partial charge in [0.25, 0.3) is 0 Å². The van der Waals surface area contributed by atoms with Gasteiger partial charge in [-0.25, -0.2) is 4.79 Å². The molecule has 0 aliphatic heterocycles. The van der Waals surface area contributed by atoms with Crippen LogP contribution in [0, 0.1) is 16.0 Å². The van der Waals surface area contributed by atoms with E-state index in [1.54, 1.807) is 0 Å². The van der Waals surface area contributed by atoms with E-state index < -0.39 is 16.9 Å². The second-order valence-corrected chi connectivity index (χ2v) is 3.95. The van der Waals surface area contributed by atoms with Crippen LogP contribution < -0.4 is 5.32 Å². The van der Waals surface area contributed by atoms with Crippen molar-refractivity contribution in [3.05, 3.63) is 28.6 Å². The zero-order chi connectivity index (χ0) is 12.4. The number of hydrogen-bond donors (Lipinski definition) is 2. The molecule has 7 heteroatoms. The molecule has 1 aromatic rings. The summed E-state index contributed by atoms with van der Waals surface area (Å²) in [5.74, 6) is -0.932. The maximum atomic E-state index is 11.0. The maximum Gasteiger partial charge on any atom is 0.326 e. The third kappa shape index (κ3) is 2.49. The number of aromatic nitrogens is 1. The van der Waals surface area contributed by atoms with Crippen molar-refractivity contribution in [2.45, 2.75) is 18.9 Å². The number of pyridine rings is 1. The average molecular weight is 237 g/mol. The summed E-state index contributed by atoms with van der Waals surface area (Å²) < 4.78 is 0. The molecule has 0 saturated heterocycles. The van der Waals surface area contributed by atoms with E-state index in [0.29, 0.717) is 0 Å². The number of carbonyl (C=O) groups is 1. The third-order valence-corrected chi connectivity index (χ3v) is 2.67. The zero-order valence-electron chi connectivity index (χ0n) is 8.87. The molecule has 17 heavy (non-hydrogen) atoms. The molecular formula is C10H11N3O4. The normalized spacial score (nSPS) is 16.2. The van der Waals surface area contributed by atoms with Crippen molar-refractivity contribution in [3.8, 4) is 0 Å². The van der Waals surface area contributed by atoms with E-state index in [1.807, 2.05) is 0 Å². The molecule has 0 spiro atoms. The van der Waals surface area contributed by atoms with Crippen LogP contribution in [0.2, 0.25) is 0 Å². The van der Waals surface area contributed by atoms with Gasteiger partial charge in [0.1, 0.15) is 17.9 Å². The summed E-state index contributed by atoms with van der Waals surface area (Å²) in [7, 11) is 0. The molecule has 0 bridgehead atoms. The first-order valence-corrected chi connectivity index (χ1v) is 5.17. The molecule has 1 fully saturated rings. The van der Waals surface area contributed by atoms with E-state index in [1.165, 1.54) is 12.3 Å². The van der Waals surface area contributed by atoms with Crippen LogP contribution in [0.4, 0.5) is 11.4 Å². The zero-order valence-corrected chi connectivity index (χ0v) is 8.87. The summed E-state index contributed by atoms with van der Waals surface area (Å²) in [6, 6.07) is 0.646. The fourth-order valence-corrected chi connectivity index (χ4v) is 1.63. The Hall–Kier alpha value is -2.18. The molecular weight excluding hydrogens is 226 g/mol. The highest BCUT2D eigenvalue weighted by atomic mass is 16.6. The largest absolute Gasteiger partial charge is 0.480 e. The fraction of sp³-hybridized carbons (Fsp3) is 0.400. The summed E-state index contributed by atoms with van der Waals surface area (Å²) >= 11 is 0. The summed E-state index contributed by atoms with van der Waals surface area (Å²) in [5, 5.41) is 22.5. The molecule has 2 N–H and O–H groups in total. The van der Waals surface area contributed by atoms with Gasteiger partial charge < -0.3 is 10.4 Å². The lowest BCUT2D eigenvalue weighted by Crippen LogP contribution is -2.31. The van der Waals surface area contributed by atoms with Crippen LogP contribution in [0.1, 0.15) is 12.8 Å². The number of anilines is 1. The summed E-state index contributed by atoms with van der Waals surface area (Å²) in [4.78, 5) is 24.8. The highest BCUT2D eigenvalue weighted by molar-refractivity contribution is 5.79. The highest BCUT2D eigenvalue weighted by Gasteiger charge is 2.37. The van der Waals surface area contributed by atoms with Gasteiger partial charge in [0.15, 0.2) is 0 Å². The van der Waals surface area contributed by atoms with Gasteiger partial charge in [-0.3, -0.25) is 15.1 Å². The Morgan fingerprint density at radius 3 is 2.88 bits per heavy atom. The second-order valence-electron chi connectivity index (χ2n) is 3.95. The first-order chi connectivity index (χ1) is 8.09. The van der Waals surface area contributed by atoms with E-state index in [4.69, 9.17) is 5.11 Å². The van der Waals surface area contributed by atoms with Crippen molar-refractivity contribution >= 4 is 17.3 Å². The minimum Gasteiger partial charge on any atom is -0.480 e. The van der Waals surface area contributed by atoms with Gasteiger partial charge in [-0.2, -0.15) is 0 Å². The topological polar surface area (TPSA) is 105 Å².